The van der Waals surface area contributed by atoms with Crippen LogP contribution in [0.15, 0.2) is 24.3 Å². The lowest BCUT2D eigenvalue weighted by molar-refractivity contribution is -0.140. The van der Waals surface area contributed by atoms with Crippen LogP contribution in [-0.4, -0.2) is 28.9 Å². The van der Waals surface area contributed by atoms with E-state index in [4.69, 9.17) is 4.55 Å². The van der Waals surface area contributed by atoms with E-state index in [0.29, 0.717) is 18.5 Å². The number of hydrogen-bond acceptors (Lipinski definition) is 5. The summed E-state index contributed by atoms with van der Waals surface area (Å²) < 4.78 is 28.2. The number of carbonyl (C=O) groups excluding carboxylic acids is 1. The molecular weight excluding hydrogens is 258 g/mol. The number of hydroxylamine groups is 1. The van der Waals surface area contributed by atoms with E-state index >= 15 is 0 Å². The highest BCUT2D eigenvalue weighted by Gasteiger charge is 2.06. The molecule has 0 heterocycles. The number of benzene rings is 1. The van der Waals surface area contributed by atoms with E-state index in [1.54, 1.807) is 12.1 Å². The van der Waals surface area contributed by atoms with E-state index in [0.717, 1.165) is 5.56 Å². The number of rotatable bonds is 6. The van der Waals surface area contributed by atoms with Gasteiger partial charge in [0, 0.05) is 13.5 Å². The Kier molecular flexibility index (Phi) is 5.76. The highest BCUT2D eigenvalue weighted by molar-refractivity contribution is 7.74. The van der Waals surface area contributed by atoms with Gasteiger partial charge in [0.1, 0.15) is 0 Å². The van der Waals surface area contributed by atoms with Crippen molar-refractivity contribution in [2.45, 2.75) is 12.8 Å². The molecule has 18 heavy (non-hydrogen) atoms. The maximum absolute atomic E-state index is 11.0. The molecule has 1 atom stereocenters. The van der Waals surface area contributed by atoms with Gasteiger partial charge in [-0.3, -0.25) is 9.35 Å². The highest BCUT2D eigenvalue weighted by atomic mass is 32.2. The van der Waals surface area contributed by atoms with Gasteiger partial charge >= 0.3 is 17.3 Å². The molecule has 6 nitrogen and oxygen atoms in total. The van der Waals surface area contributed by atoms with Gasteiger partial charge in [-0.15, -0.1) is 4.28 Å². The molecule has 0 aliphatic carbocycles. The van der Waals surface area contributed by atoms with Gasteiger partial charge in [-0.25, -0.2) is 5.06 Å². The Morgan fingerprint density at radius 2 is 2.00 bits per heavy atom. The van der Waals surface area contributed by atoms with Gasteiger partial charge in [0.15, 0.2) is 0 Å². The van der Waals surface area contributed by atoms with Crippen LogP contribution in [0, 0.1) is 0 Å². The predicted molar refractivity (Wildman–Crippen MR) is 67.0 cm³/mol. The van der Waals surface area contributed by atoms with Crippen LogP contribution in [0.3, 0.4) is 0 Å². The summed E-state index contributed by atoms with van der Waals surface area (Å²) in [5, 5.41) is 1.19. The molecule has 1 rings (SSSR count). The van der Waals surface area contributed by atoms with Gasteiger partial charge in [0.25, 0.3) is 0 Å². The molecule has 0 saturated carbocycles. The molecule has 0 fully saturated rings. The molecule has 0 amide bonds. The molecule has 0 saturated heterocycles. The van der Waals surface area contributed by atoms with Crippen molar-refractivity contribution in [3.63, 3.8) is 0 Å². The van der Waals surface area contributed by atoms with Crippen molar-refractivity contribution in [2.75, 3.05) is 19.2 Å². The first-order chi connectivity index (χ1) is 8.52. The summed E-state index contributed by atoms with van der Waals surface area (Å²) in [5.74, 6) is -0.254. The molecule has 0 spiro atoms. The predicted octanol–water partition coefficient (Wildman–Crippen LogP) is 1.30. The minimum Gasteiger partial charge on any atom is -0.469 e. The summed E-state index contributed by atoms with van der Waals surface area (Å²) in [6.45, 7) is 0. The third kappa shape index (κ3) is 4.82. The van der Waals surface area contributed by atoms with E-state index < -0.39 is 11.4 Å². The quantitative estimate of drug-likeness (QED) is 0.478. The monoisotopic (exact) mass is 273 g/mol. The van der Waals surface area contributed by atoms with Gasteiger partial charge < -0.3 is 4.74 Å². The van der Waals surface area contributed by atoms with Gasteiger partial charge in [0.05, 0.1) is 12.8 Å². The molecule has 1 N–H and O–H groups in total. The third-order valence-electron chi connectivity index (χ3n) is 2.32. The molecule has 0 aliphatic heterocycles. The standard InChI is InChI=1S/C11H15NO5S/c1-12(17-18(14)15)10-6-3-9(4-7-10)5-8-11(13)16-2/h3-4,6-7H,5,8H2,1-2H3,(H,14,15). The first kappa shape index (κ1) is 14.6. The maximum atomic E-state index is 11.0. The van der Waals surface area contributed by atoms with E-state index in [1.807, 2.05) is 12.1 Å². The van der Waals surface area contributed by atoms with Crippen LogP contribution >= 0.6 is 0 Å². The first-order valence-electron chi connectivity index (χ1n) is 5.21. The van der Waals surface area contributed by atoms with Crippen molar-refractivity contribution in [3.05, 3.63) is 29.8 Å². The average molecular weight is 273 g/mol. The molecule has 0 bridgehead atoms. The Hall–Kier alpha value is -1.44. The van der Waals surface area contributed by atoms with Crippen molar-refractivity contribution >= 4 is 23.0 Å². The zero-order chi connectivity index (χ0) is 13.5. The van der Waals surface area contributed by atoms with Crippen LogP contribution in [0.4, 0.5) is 5.69 Å². The Morgan fingerprint density at radius 1 is 1.39 bits per heavy atom. The van der Waals surface area contributed by atoms with Gasteiger partial charge in [0.2, 0.25) is 0 Å². The Labute approximate surface area is 108 Å². The molecule has 0 radical (unpaired) electrons. The number of nitrogens with zero attached hydrogens (tertiary/aromatic N) is 1. The fourth-order valence-corrected chi connectivity index (χ4v) is 1.64. The molecular formula is C11H15NO5S. The normalized spacial score (nSPS) is 11.9. The van der Waals surface area contributed by atoms with E-state index in [9.17, 15) is 9.00 Å². The molecule has 7 heteroatoms. The number of anilines is 1. The Balaban J connectivity index is 2.57. The Bertz CT molecular complexity index is 420. The molecule has 1 aromatic carbocycles. The van der Waals surface area contributed by atoms with E-state index in [1.165, 1.54) is 19.2 Å². The SMILES string of the molecule is COC(=O)CCc1ccc(N(C)OS(=O)O)cc1. The smallest absolute Gasteiger partial charge is 0.325 e. The zero-order valence-electron chi connectivity index (χ0n) is 10.2. The second-order valence-electron chi connectivity index (χ2n) is 3.53. The van der Waals surface area contributed by atoms with E-state index in [2.05, 4.69) is 9.02 Å². The lowest BCUT2D eigenvalue weighted by atomic mass is 10.1. The summed E-state index contributed by atoms with van der Waals surface area (Å²) in [6.07, 6.45) is 0.909. The van der Waals surface area contributed by atoms with Gasteiger partial charge in [-0.2, -0.15) is 4.21 Å². The number of methoxy groups -OCH3 is 1. The third-order valence-corrected chi connectivity index (χ3v) is 2.67. The summed E-state index contributed by atoms with van der Waals surface area (Å²) >= 11 is -2.35. The lowest BCUT2D eigenvalue weighted by Gasteiger charge is -2.15. The van der Waals surface area contributed by atoms with Crippen LogP contribution in [0.25, 0.3) is 0 Å². The first-order valence-corrected chi connectivity index (χ1v) is 6.25. The second kappa shape index (κ2) is 7.10. The van der Waals surface area contributed by atoms with Crippen molar-refractivity contribution < 1.29 is 22.6 Å². The van der Waals surface area contributed by atoms with Crippen LogP contribution in [0.2, 0.25) is 0 Å². The van der Waals surface area contributed by atoms with Crippen molar-refractivity contribution in [2.24, 2.45) is 0 Å². The van der Waals surface area contributed by atoms with Crippen molar-refractivity contribution in [3.8, 4) is 0 Å². The van der Waals surface area contributed by atoms with Crippen LogP contribution in [-0.2, 0) is 31.6 Å². The Morgan fingerprint density at radius 3 is 2.50 bits per heavy atom. The molecule has 100 valence electrons. The topological polar surface area (TPSA) is 76.1 Å². The number of hydrogen-bond donors (Lipinski definition) is 1. The molecule has 0 aliphatic rings. The number of esters is 1. The van der Waals surface area contributed by atoms with E-state index in [-0.39, 0.29) is 5.97 Å². The number of ether oxygens (including phenoxy) is 1. The second-order valence-corrected chi connectivity index (χ2v) is 4.11. The summed E-state index contributed by atoms with van der Waals surface area (Å²) in [6, 6.07) is 7.11. The highest BCUT2D eigenvalue weighted by Crippen LogP contribution is 2.15. The minimum absolute atomic E-state index is 0.254. The fraction of sp³-hybridized carbons (Fsp3) is 0.364. The average Bonchev–Trinajstić information content (AvgIpc) is 2.35. The van der Waals surface area contributed by atoms with Crippen molar-refractivity contribution in [1.82, 2.24) is 0 Å². The fourth-order valence-electron chi connectivity index (χ4n) is 1.36. The minimum atomic E-state index is -2.35. The van der Waals surface area contributed by atoms with Crippen LogP contribution in [0.1, 0.15) is 12.0 Å². The van der Waals surface area contributed by atoms with Gasteiger partial charge in [-0.1, -0.05) is 12.1 Å². The largest absolute Gasteiger partial charge is 0.469 e. The van der Waals surface area contributed by atoms with Crippen LogP contribution in [0.5, 0.6) is 0 Å². The maximum Gasteiger partial charge on any atom is 0.325 e. The summed E-state index contributed by atoms with van der Waals surface area (Å²) in [7, 11) is 2.88. The lowest BCUT2D eigenvalue weighted by Crippen LogP contribution is -2.18. The van der Waals surface area contributed by atoms with Crippen LogP contribution < -0.4 is 5.06 Å². The molecule has 1 unspecified atom stereocenters. The van der Waals surface area contributed by atoms with Crippen molar-refractivity contribution in [1.29, 1.82) is 0 Å². The number of aryl methyl sites for hydroxylation is 1. The summed E-state index contributed by atoms with van der Waals surface area (Å²) in [4.78, 5) is 11.0. The number of carbonyl (C=O) groups is 1. The summed E-state index contributed by atoms with van der Waals surface area (Å²) in [5.41, 5.74) is 1.61. The van der Waals surface area contributed by atoms with Gasteiger partial charge in [-0.05, 0) is 24.1 Å². The molecule has 0 aromatic heterocycles. The zero-order valence-corrected chi connectivity index (χ0v) is 11.0. The molecule has 1 aromatic rings.